The van der Waals surface area contributed by atoms with Crippen LogP contribution in [0.15, 0.2) is 200 Å². The van der Waals surface area contributed by atoms with Crippen LogP contribution in [0.1, 0.15) is 27.8 Å². The van der Waals surface area contributed by atoms with E-state index in [0.717, 1.165) is 84.0 Å². The molecular weight excluding hydrogens is 669 g/mol. The van der Waals surface area contributed by atoms with Gasteiger partial charge in [-0.15, -0.1) is 0 Å². The van der Waals surface area contributed by atoms with Gasteiger partial charge in [0.2, 0.25) is 0 Å². The van der Waals surface area contributed by atoms with Crippen molar-refractivity contribution >= 4 is 28.8 Å². The Balaban J connectivity index is 1.21. The molecule has 9 rings (SSSR count). The Hall–Kier alpha value is -7.43. The number of nitrogens with one attached hydrogen (secondary N) is 2. The van der Waals surface area contributed by atoms with E-state index in [9.17, 15) is 5.41 Å². The molecule has 55 heavy (non-hydrogen) atoms. The predicted molar refractivity (Wildman–Crippen MR) is 228 cm³/mol. The lowest BCUT2D eigenvalue weighted by Crippen LogP contribution is -2.20. The zero-order valence-corrected chi connectivity index (χ0v) is 30.0. The van der Waals surface area contributed by atoms with E-state index in [4.69, 9.17) is 9.97 Å². The molecule has 0 fully saturated rings. The summed E-state index contributed by atoms with van der Waals surface area (Å²) in [5.74, 6) is 0.667. The molecule has 4 heteroatoms. The zero-order chi connectivity index (χ0) is 37.0. The first-order chi connectivity index (χ1) is 27.2. The van der Waals surface area contributed by atoms with Gasteiger partial charge in [-0.2, -0.15) is 0 Å². The summed E-state index contributed by atoms with van der Waals surface area (Å²) in [6.07, 6.45) is 2.21. The smallest absolute Gasteiger partial charge is 0.160 e. The van der Waals surface area contributed by atoms with Gasteiger partial charge in [0.15, 0.2) is 5.82 Å². The first-order valence-electron chi connectivity index (χ1n) is 18.4. The first-order valence-corrected chi connectivity index (χ1v) is 18.4. The van der Waals surface area contributed by atoms with Crippen molar-refractivity contribution in [2.45, 2.75) is 0 Å². The zero-order valence-electron chi connectivity index (χ0n) is 30.0. The molecule has 0 aliphatic carbocycles. The second kappa shape index (κ2) is 14.9. The molecule has 7 aromatic carbocycles. The maximum atomic E-state index is 9.64. The van der Waals surface area contributed by atoms with Crippen molar-refractivity contribution in [1.82, 2.24) is 15.3 Å². The molecule has 0 unspecified atom stereocenters. The second-order valence-corrected chi connectivity index (χ2v) is 13.5. The topological polar surface area (TPSA) is 61.7 Å². The molecule has 1 aromatic heterocycles. The summed E-state index contributed by atoms with van der Waals surface area (Å²) in [5, 5.41) is 13.5. The molecule has 2 N–H and O–H groups in total. The Labute approximate surface area is 321 Å². The summed E-state index contributed by atoms with van der Waals surface area (Å²) < 4.78 is 0. The van der Waals surface area contributed by atoms with E-state index >= 15 is 0 Å². The third-order valence-electron chi connectivity index (χ3n) is 9.91. The summed E-state index contributed by atoms with van der Waals surface area (Å²) >= 11 is 0. The molecule has 8 aromatic rings. The van der Waals surface area contributed by atoms with Crippen LogP contribution in [-0.4, -0.2) is 15.7 Å². The Morgan fingerprint density at radius 1 is 0.418 bits per heavy atom. The largest absolute Gasteiger partial charge is 0.354 e. The molecule has 0 saturated carbocycles. The fourth-order valence-electron chi connectivity index (χ4n) is 7.14. The summed E-state index contributed by atoms with van der Waals surface area (Å²) in [4.78, 5) is 10.2. The minimum absolute atomic E-state index is 0.451. The highest BCUT2D eigenvalue weighted by atomic mass is 14.9. The monoisotopic (exact) mass is 704 g/mol. The number of aromatic nitrogens is 2. The number of fused-ring (bicyclic) bond motifs is 1. The minimum atomic E-state index is 0.451. The Morgan fingerprint density at radius 3 is 1.51 bits per heavy atom. The highest BCUT2D eigenvalue weighted by Crippen LogP contribution is 2.39. The molecule has 260 valence electrons. The lowest BCUT2D eigenvalue weighted by molar-refractivity contribution is 1.18. The molecule has 1 aliphatic rings. The van der Waals surface area contributed by atoms with E-state index in [1.807, 2.05) is 91.0 Å². The molecule has 0 radical (unpaired) electrons. The summed E-state index contributed by atoms with van der Waals surface area (Å²) in [6, 6.07) is 68.3. The second-order valence-electron chi connectivity index (χ2n) is 13.5. The van der Waals surface area contributed by atoms with Crippen molar-refractivity contribution in [2.24, 2.45) is 0 Å². The number of rotatable bonds is 8. The van der Waals surface area contributed by atoms with Gasteiger partial charge in [0.05, 0.1) is 22.8 Å². The SMILES string of the molecule is N=C(/C(=C1\NC(c2ccccc2)=Cc2ccc(-c3cccc(-c4nc(-c5ccccc5)cc(-c5ccccc5)n4)c3)cc21)c1ccccc1)c1ccccc1. The summed E-state index contributed by atoms with van der Waals surface area (Å²) in [7, 11) is 0. The Bertz CT molecular complexity index is 2640. The van der Waals surface area contributed by atoms with E-state index in [1.165, 1.54) is 0 Å². The molecular formula is C51H36N4. The molecule has 1 aliphatic heterocycles. The van der Waals surface area contributed by atoms with Crippen LogP contribution in [0.5, 0.6) is 0 Å². The van der Waals surface area contributed by atoms with Crippen LogP contribution in [0, 0.1) is 5.41 Å². The fourth-order valence-corrected chi connectivity index (χ4v) is 7.14. The van der Waals surface area contributed by atoms with Crippen molar-refractivity contribution in [1.29, 1.82) is 5.41 Å². The quantitative estimate of drug-likeness (QED) is 0.155. The molecule has 0 spiro atoms. The molecule has 2 heterocycles. The van der Waals surface area contributed by atoms with Crippen LogP contribution in [0.2, 0.25) is 0 Å². The highest BCUT2D eigenvalue weighted by molar-refractivity contribution is 6.36. The van der Waals surface area contributed by atoms with Crippen molar-refractivity contribution in [3.8, 4) is 45.0 Å². The number of allylic oxidation sites excluding steroid dienone is 1. The average molecular weight is 705 g/mol. The maximum Gasteiger partial charge on any atom is 0.160 e. The van der Waals surface area contributed by atoms with Crippen LogP contribution in [0.4, 0.5) is 0 Å². The van der Waals surface area contributed by atoms with Crippen LogP contribution >= 0.6 is 0 Å². The van der Waals surface area contributed by atoms with Crippen molar-refractivity contribution in [2.75, 3.05) is 0 Å². The third kappa shape index (κ3) is 6.93. The van der Waals surface area contributed by atoms with E-state index in [-0.39, 0.29) is 0 Å². The predicted octanol–water partition coefficient (Wildman–Crippen LogP) is 12.2. The number of hydrogen-bond acceptors (Lipinski definition) is 4. The van der Waals surface area contributed by atoms with Gasteiger partial charge in [0.25, 0.3) is 0 Å². The van der Waals surface area contributed by atoms with Crippen LogP contribution in [0.25, 0.3) is 68.1 Å². The standard InChI is InChI=1S/C51H36N4/c52-49(39-25-14-5-15-26-39)48(38-23-12-4-13-24-38)50-44-32-41(29-30-42(44)33-45(53-50)35-17-6-1-7-18-35)40-27-16-28-43(31-40)51-54-46(36-19-8-2-9-20-36)34-47(55-51)37-21-10-3-11-22-37/h1-34,52-53H/b50-48-,52-49?. The summed E-state index contributed by atoms with van der Waals surface area (Å²) in [5.41, 5.74) is 15.0. The molecule has 4 nitrogen and oxygen atoms in total. The van der Waals surface area contributed by atoms with Gasteiger partial charge < -0.3 is 5.32 Å². The van der Waals surface area contributed by atoms with Gasteiger partial charge in [-0.05, 0) is 52.1 Å². The number of benzene rings is 7. The van der Waals surface area contributed by atoms with Crippen LogP contribution in [-0.2, 0) is 0 Å². The van der Waals surface area contributed by atoms with Crippen LogP contribution in [0.3, 0.4) is 0 Å². The first kappa shape index (κ1) is 33.4. The average Bonchev–Trinajstić information content (AvgIpc) is 3.27. The molecule has 0 bridgehead atoms. The van der Waals surface area contributed by atoms with Gasteiger partial charge in [0.1, 0.15) is 0 Å². The normalized spacial score (nSPS) is 12.9. The molecule has 0 amide bonds. The van der Waals surface area contributed by atoms with E-state index in [0.29, 0.717) is 11.5 Å². The molecule has 0 atom stereocenters. The minimum Gasteiger partial charge on any atom is -0.354 e. The number of nitrogens with zero attached hydrogens (tertiary/aromatic N) is 2. The third-order valence-corrected chi connectivity index (χ3v) is 9.91. The molecule has 0 saturated heterocycles. The lowest BCUT2D eigenvalue weighted by Gasteiger charge is -2.27. The fraction of sp³-hybridized carbons (Fsp3) is 0. The lowest BCUT2D eigenvalue weighted by atomic mass is 9.86. The van der Waals surface area contributed by atoms with Gasteiger partial charge in [0, 0.05) is 39.1 Å². The summed E-state index contributed by atoms with van der Waals surface area (Å²) in [6.45, 7) is 0. The Kier molecular flexibility index (Phi) is 9.05. The van der Waals surface area contributed by atoms with Crippen molar-refractivity contribution < 1.29 is 0 Å². The van der Waals surface area contributed by atoms with Crippen LogP contribution < -0.4 is 5.32 Å². The van der Waals surface area contributed by atoms with Gasteiger partial charge in [-0.25, -0.2) is 9.97 Å². The van der Waals surface area contributed by atoms with Gasteiger partial charge >= 0.3 is 0 Å². The van der Waals surface area contributed by atoms with E-state index in [1.54, 1.807) is 0 Å². The van der Waals surface area contributed by atoms with Crippen molar-refractivity contribution in [3.63, 3.8) is 0 Å². The van der Waals surface area contributed by atoms with E-state index < -0.39 is 0 Å². The van der Waals surface area contributed by atoms with Crippen molar-refractivity contribution in [3.05, 3.63) is 228 Å². The maximum absolute atomic E-state index is 9.64. The highest BCUT2D eigenvalue weighted by Gasteiger charge is 2.24. The van der Waals surface area contributed by atoms with Gasteiger partial charge in [-0.1, -0.05) is 182 Å². The van der Waals surface area contributed by atoms with Gasteiger partial charge in [-0.3, -0.25) is 5.41 Å². The van der Waals surface area contributed by atoms with E-state index in [2.05, 4.69) is 121 Å². The number of hydrogen-bond donors (Lipinski definition) is 2. The Morgan fingerprint density at radius 2 is 0.909 bits per heavy atom.